The SMILES string of the molecule is CCOC(=O)/C=C/[C@@H]1[C@H](O)[C@H]2C(c3cc4ccccc4n3[C@@H]2c2ccccc2)C(C#N)(C#N)[C@H]1c1ccccc1. The molecule has 1 aromatic heterocycles. The van der Waals surface area contributed by atoms with E-state index in [0.717, 1.165) is 27.7 Å². The second kappa shape index (κ2) is 10.2. The van der Waals surface area contributed by atoms with Crippen molar-refractivity contribution in [3.8, 4) is 12.1 Å². The third-order valence-electron chi connectivity index (χ3n) is 8.69. The molecular formula is C34H29N3O3. The molecule has 0 saturated heterocycles. The Morgan fingerprint density at radius 3 is 2.23 bits per heavy atom. The lowest BCUT2D eigenvalue weighted by Crippen LogP contribution is -2.52. The molecule has 6 atom stereocenters. The Kier molecular flexibility index (Phi) is 6.50. The average molecular weight is 528 g/mol. The summed E-state index contributed by atoms with van der Waals surface area (Å²) in [4.78, 5) is 12.4. The van der Waals surface area contributed by atoms with E-state index in [1.54, 1.807) is 13.0 Å². The van der Waals surface area contributed by atoms with Crippen LogP contribution < -0.4 is 0 Å². The molecule has 198 valence electrons. The van der Waals surface area contributed by atoms with Crippen LogP contribution in [0.4, 0.5) is 0 Å². The van der Waals surface area contributed by atoms with Gasteiger partial charge in [-0.15, -0.1) is 0 Å². The van der Waals surface area contributed by atoms with E-state index in [2.05, 4.69) is 22.8 Å². The number of nitrogens with zero attached hydrogens (tertiary/aromatic N) is 3. The minimum absolute atomic E-state index is 0.224. The van der Waals surface area contributed by atoms with Gasteiger partial charge in [-0.25, -0.2) is 4.79 Å². The van der Waals surface area contributed by atoms with E-state index >= 15 is 0 Å². The summed E-state index contributed by atoms with van der Waals surface area (Å²) < 4.78 is 7.35. The zero-order chi connectivity index (χ0) is 27.9. The summed E-state index contributed by atoms with van der Waals surface area (Å²) in [7, 11) is 0. The Labute approximate surface area is 233 Å². The smallest absolute Gasteiger partial charge is 0.330 e. The number of carbonyl (C=O) groups is 1. The number of fused-ring (bicyclic) bond motifs is 5. The molecule has 3 aromatic carbocycles. The van der Waals surface area contributed by atoms with Crippen LogP contribution in [-0.2, 0) is 9.53 Å². The molecule has 0 bridgehead atoms. The number of aliphatic hydroxyl groups is 1. The maximum Gasteiger partial charge on any atom is 0.330 e. The summed E-state index contributed by atoms with van der Waals surface area (Å²) in [6.45, 7) is 1.96. The van der Waals surface area contributed by atoms with Gasteiger partial charge in [-0.3, -0.25) is 0 Å². The van der Waals surface area contributed by atoms with Crippen LogP contribution in [-0.4, -0.2) is 28.4 Å². The number of para-hydroxylation sites is 1. The van der Waals surface area contributed by atoms with Gasteiger partial charge < -0.3 is 14.4 Å². The molecule has 2 heterocycles. The van der Waals surface area contributed by atoms with Gasteiger partial charge >= 0.3 is 5.97 Å². The molecule has 1 N–H and O–H groups in total. The topological polar surface area (TPSA) is 99.0 Å². The predicted octanol–water partition coefficient (Wildman–Crippen LogP) is 5.87. The fourth-order valence-electron chi connectivity index (χ4n) is 7.25. The van der Waals surface area contributed by atoms with Gasteiger partial charge in [0, 0.05) is 41.0 Å². The molecule has 2 aliphatic rings. The second-order valence-corrected chi connectivity index (χ2v) is 10.6. The highest BCUT2D eigenvalue weighted by atomic mass is 16.5. The Morgan fingerprint density at radius 2 is 1.57 bits per heavy atom. The molecule has 1 unspecified atom stereocenters. The average Bonchev–Trinajstić information content (AvgIpc) is 3.53. The minimum Gasteiger partial charge on any atom is -0.463 e. The number of ether oxygens (including phenoxy) is 1. The largest absolute Gasteiger partial charge is 0.463 e. The zero-order valence-corrected chi connectivity index (χ0v) is 22.1. The van der Waals surface area contributed by atoms with Crippen LogP contribution in [0.2, 0.25) is 0 Å². The summed E-state index contributed by atoms with van der Waals surface area (Å²) >= 11 is 0. The second-order valence-electron chi connectivity index (χ2n) is 10.6. The highest BCUT2D eigenvalue weighted by molar-refractivity contribution is 5.83. The van der Waals surface area contributed by atoms with Crippen molar-refractivity contribution in [3.05, 3.63) is 120 Å². The highest BCUT2D eigenvalue weighted by Gasteiger charge is 2.65. The molecule has 6 nitrogen and oxygen atoms in total. The number of hydrogen-bond acceptors (Lipinski definition) is 5. The molecule has 1 saturated carbocycles. The number of esters is 1. The first kappa shape index (κ1) is 25.6. The number of aromatic nitrogens is 1. The quantitative estimate of drug-likeness (QED) is 0.258. The van der Waals surface area contributed by atoms with E-state index < -0.39 is 41.2 Å². The number of nitriles is 2. The summed E-state index contributed by atoms with van der Waals surface area (Å²) in [6, 6.07) is 34.1. The molecule has 1 fully saturated rings. The van der Waals surface area contributed by atoms with E-state index in [4.69, 9.17) is 4.74 Å². The monoisotopic (exact) mass is 527 g/mol. The molecule has 6 heteroatoms. The Morgan fingerprint density at radius 1 is 0.950 bits per heavy atom. The number of hydrogen-bond donors (Lipinski definition) is 1. The molecule has 1 aliphatic carbocycles. The van der Waals surface area contributed by atoms with E-state index in [1.165, 1.54) is 6.08 Å². The first-order valence-corrected chi connectivity index (χ1v) is 13.6. The van der Waals surface area contributed by atoms with Gasteiger partial charge in [0.2, 0.25) is 0 Å². The van der Waals surface area contributed by atoms with Crippen LogP contribution in [0.1, 0.15) is 41.6 Å². The standard InChI is InChI=1S/C34H29N3O3/c1-2-40-28(38)18-17-25-30(22-11-5-3-6-12-22)34(20-35,21-36)31-27-19-24-15-9-10-16-26(24)37(27)32(29(31)33(25)39)23-13-7-4-8-14-23/h3-19,25,29-33,39H,2H2,1H3/b18-17+/t25-,29-,30-,31?,32+,33-/m0/s1. The van der Waals surface area contributed by atoms with Crippen LogP contribution in [0.5, 0.6) is 0 Å². The van der Waals surface area contributed by atoms with Crippen molar-refractivity contribution < 1.29 is 14.6 Å². The van der Waals surface area contributed by atoms with Gasteiger partial charge in [0.1, 0.15) is 0 Å². The zero-order valence-electron chi connectivity index (χ0n) is 22.1. The number of benzene rings is 3. The van der Waals surface area contributed by atoms with Crippen molar-refractivity contribution >= 4 is 16.9 Å². The Bertz CT molecular complexity index is 1650. The fourth-order valence-corrected chi connectivity index (χ4v) is 7.25. The molecule has 4 aromatic rings. The van der Waals surface area contributed by atoms with Crippen molar-refractivity contribution in [1.82, 2.24) is 4.57 Å². The third-order valence-corrected chi connectivity index (χ3v) is 8.69. The predicted molar refractivity (Wildman–Crippen MR) is 151 cm³/mol. The molecule has 1 aliphatic heterocycles. The van der Waals surface area contributed by atoms with Crippen LogP contribution in [0.25, 0.3) is 10.9 Å². The lowest BCUT2D eigenvalue weighted by atomic mass is 9.50. The normalized spacial score (nSPS) is 26.5. The molecule has 0 spiro atoms. The van der Waals surface area contributed by atoms with Crippen LogP contribution in [0.15, 0.2) is 103 Å². The van der Waals surface area contributed by atoms with Crippen LogP contribution in [0, 0.1) is 39.9 Å². The molecular weight excluding hydrogens is 498 g/mol. The number of carbonyl (C=O) groups excluding carboxylic acids is 1. The summed E-state index contributed by atoms with van der Waals surface area (Å²) in [5, 5.41) is 35.2. The van der Waals surface area contributed by atoms with Crippen LogP contribution >= 0.6 is 0 Å². The van der Waals surface area contributed by atoms with Gasteiger partial charge in [-0.1, -0.05) is 84.9 Å². The van der Waals surface area contributed by atoms with Gasteiger partial charge in [0.15, 0.2) is 5.41 Å². The lowest BCUT2D eigenvalue weighted by Gasteiger charge is -2.50. The number of aliphatic hydroxyl groups excluding tert-OH is 1. The third kappa shape index (κ3) is 3.76. The minimum atomic E-state index is -1.52. The maximum atomic E-state index is 12.4. The van der Waals surface area contributed by atoms with E-state index in [1.807, 2.05) is 84.9 Å². The number of rotatable bonds is 5. The van der Waals surface area contributed by atoms with Crippen molar-refractivity contribution in [2.24, 2.45) is 17.3 Å². The van der Waals surface area contributed by atoms with E-state index in [0.29, 0.717) is 0 Å². The summed E-state index contributed by atoms with van der Waals surface area (Å²) in [6.07, 6.45) is 2.02. The van der Waals surface area contributed by atoms with Crippen molar-refractivity contribution in [2.75, 3.05) is 6.61 Å². The fraction of sp³-hybridized carbons (Fsp3) is 0.265. The van der Waals surface area contributed by atoms with Gasteiger partial charge in [-0.05, 0) is 35.6 Å². The maximum absolute atomic E-state index is 12.4. The van der Waals surface area contributed by atoms with Crippen molar-refractivity contribution in [1.29, 1.82) is 10.5 Å². The van der Waals surface area contributed by atoms with E-state index in [-0.39, 0.29) is 12.6 Å². The van der Waals surface area contributed by atoms with Gasteiger partial charge in [0.25, 0.3) is 0 Å². The Balaban J connectivity index is 1.64. The Hall–Kier alpha value is -4.65. The molecule has 40 heavy (non-hydrogen) atoms. The van der Waals surface area contributed by atoms with Crippen LogP contribution in [0.3, 0.4) is 0 Å². The van der Waals surface area contributed by atoms with Gasteiger partial charge in [-0.2, -0.15) is 10.5 Å². The van der Waals surface area contributed by atoms with Gasteiger partial charge in [0.05, 0.1) is 30.9 Å². The lowest BCUT2D eigenvalue weighted by molar-refractivity contribution is -0.137. The van der Waals surface area contributed by atoms with E-state index in [9.17, 15) is 20.4 Å². The van der Waals surface area contributed by atoms with Crippen molar-refractivity contribution in [3.63, 3.8) is 0 Å². The molecule has 0 amide bonds. The first-order valence-electron chi connectivity index (χ1n) is 13.6. The summed E-state index contributed by atoms with van der Waals surface area (Å²) in [5.74, 6) is -2.96. The highest BCUT2D eigenvalue weighted by Crippen LogP contribution is 2.66. The summed E-state index contributed by atoms with van der Waals surface area (Å²) in [5.41, 5.74) is 2.11. The molecule has 0 radical (unpaired) electrons. The van der Waals surface area contributed by atoms with Crippen molar-refractivity contribution in [2.45, 2.75) is 30.9 Å². The first-order chi connectivity index (χ1) is 19.6. The molecule has 6 rings (SSSR count).